The summed E-state index contributed by atoms with van der Waals surface area (Å²) >= 11 is 5.92. The maximum absolute atomic E-state index is 14.3. The first-order valence-corrected chi connectivity index (χ1v) is 7.99. The fourth-order valence-electron chi connectivity index (χ4n) is 3.14. The molecule has 4 rings (SSSR count). The van der Waals surface area contributed by atoms with E-state index in [4.69, 9.17) is 11.6 Å². The Morgan fingerprint density at radius 2 is 1.88 bits per heavy atom. The number of anilines is 1. The first-order valence-electron chi connectivity index (χ1n) is 7.62. The van der Waals surface area contributed by atoms with Gasteiger partial charge in [-0.3, -0.25) is 9.89 Å². The second-order valence-electron chi connectivity index (χ2n) is 5.84. The summed E-state index contributed by atoms with van der Waals surface area (Å²) in [6.45, 7) is 0. The molecule has 0 spiro atoms. The molecule has 2 N–H and O–H groups in total. The summed E-state index contributed by atoms with van der Waals surface area (Å²) in [6.07, 6.45) is 0.00744. The lowest BCUT2D eigenvalue weighted by atomic mass is 9.84. The summed E-state index contributed by atoms with van der Waals surface area (Å²) < 4.78 is 28.0. The fraction of sp³-hybridized carbons (Fsp3) is 0.111. The number of nitrogens with one attached hydrogen (secondary N) is 2. The highest BCUT2D eigenvalue weighted by molar-refractivity contribution is 6.30. The monoisotopic (exact) mass is 359 g/mol. The van der Waals surface area contributed by atoms with E-state index in [9.17, 15) is 13.6 Å². The Hall–Kier alpha value is -2.73. The molecule has 0 fully saturated rings. The first-order chi connectivity index (χ1) is 12.0. The molecule has 0 saturated heterocycles. The van der Waals surface area contributed by atoms with Gasteiger partial charge in [-0.15, -0.1) is 0 Å². The topological polar surface area (TPSA) is 57.8 Å². The molecule has 3 aromatic rings. The van der Waals surface area contributed by atoms with Crippen LogP contribution in [0.2, 0.25) is 5.02 Å². The van der Waals surface area contributed by atoms with Crippen molar-refractivity contribution in [1.82, 2.24) is 10.2 Å². The van der Waals surface area contributed by atoms with Gasteiger partial charge in [0.15, 0.2) is 5.82 Å². The lowest BCUT2D eigenvalue weighted by molar-refractivity contribution is -0.116. The minimum atomic E-state index is -0.635. The van der Waals surface area contributed by atoms with Crippen LogP contribution < -0.4 is 5.32 Å². The molecular weight excluding hydrogens is 348 g/mol. The maximum Gasteiger partial charge on any atom is 0.226 e. The Bertz CT molecular complexity index is 969. The second kappa shape index (κ2) is 5.97. The van der Waals surface area contributed by atoms with E-state index in [1.54, 1.807) is 24.3 Å². The molecule has 4 nitrogen and oxygen atoms in total. The number of hydrogen-bond acceptors (Lipinski definition) is 2. The molecule has 1 aliphatic rings. The van der Waals surface area contributed by atoms with Crippen molar-refractivity contribution in [2.45, 2.75) is 12.3 Å². The molecule has 0 radical (unpaired) electrons. The highest BCUT2D eigenvalue weighted by atomic mass is 35.5. The minimum Gasteiger partial charge on any atom is -0.309 e. The van der Waals surface area contributed by atoms with Crippen LogP contribution in [0, 0.1) is 11.6 Å². The van der Waals surface area contributed by atoms with E-state index in [0.717, 1.165) is 23.8 Å². The van der Waals surface area contributed by atoms with Crippen molar-refractivity contribution in [3.8, 4) is 11.3 Å². The average molecular weight is 360 g/mol. The van der Waals surface area contributed by atoms with Crippen LogP contribution in [0.25, 0.3) is 11.3 Å². The molecule has 0 unspecified atom stereocenters. The number of H-pyrrole nitrogens is 1. The zero-order valence-corrected chi connectivity index (χ0v) is 13.6. The highest BCUT2D eigenvalue weighted by Crippen LogP contribution is 2.42. The van der Waals surface area contributed by atoms with Gasteiger partial charge in [0, 0.05) is 28.5 Å². The van der Waals surface area contributed by atoms with Crippen LogP contribution in [-0.4, -0.2) is 16.1 Å². The largest absolute Gasteiger partial charge is 0.309 e. The predicted octanol–water partition coefficient (Wildman–Crippen LogP) is 4.48. The van der Waals surface area contributed by atoms with Gasteiger partial charge in [0.2, 0.25) is 5.91 Å². The number of hydrogen-bond donors (Lipinski definition) is 2. The summed E-state index contributed by atoms with van der Waals surface area (Å²) in [5.41, 5.74) is 2.19. The normalized spacial score (nSPS) is 16.4. The van der Waals surface area contributed by atoms with Crippen LogP contribution in [0.1, 0.15) is 23.5 Å². The summed E-state index contributed by atoms with van der Waals surface area (Å²) in [5.74, 6) is -1.72. The van der Waals surface area contributed by atoms with E-state index in [0.29, 0.717) is 22.1 Å². The van der Waals surface area contributed by atoms with E-state index in [2.05, 4.69) is 15.5 Å². The number of halogens is 3. The minimum absolute atomic E-state index is 0.00744. The number of amides is 1. The lowest BCUT2D eigenvalue weighted by Crippen LogP contribution is -2.24. The first kappa shape index (κ1) is 15.8. The van der Waals surface area contributed by atoms with Crippen LogP contribution in [0.15, 0.2) is 42.5 Å². The lowest BCUT2D eigenvalue weighted by Gasteiger charge is -2.24. The Morgan fingerprint density at radius 3 is 2.64 bits per heavy atom. The van der Waals surface area contributed by atoms with E-state index >= 15 is 0 Å². The molecule has 126 valence electrons. The van der Waals surface area contributed by atoms with Crippen LogP contribution in [0.5, 0.6) is 0 Å². The van der Waals surface area contributed by atoms with Gasteiger partial charge in [0.05, 0.1) is 5.69 Å². The molecule has 2 aromatic carbocycles. The highest BCUT2D eigenvalue weighted by Gasteiger charge is 2.33. The smallest absolute Gasteiger partial charge is 0.226 e. The quantitative estimate of drug-likeness (QED) is 0.708. The van der Waals surface area contributed by atoms with Crippen molar-refractivity contribution < 1.29 is 13.6 Å². The van der Waals surface area contributed by atoms with Crippen LogP contribution in [-0.2, 0) is 4.79 Å². The van der Waals surface area contributed by atoms with E-state index in [1.807, 2.05) is 0 Å². The van der Waals surface area contributed by atoms with E-state index in [1.165, 1.54) is 0 Å². The molecule has 7 heteroatoms. The van der Waals surface area contributed by atoms with Gasteiger partial charge >= 0.3 is 0 Å². The Balaban J connectivity index is 1.90. The Labute approximate surface area is 146 Å². The van der Waals surface area contributed by atoms with Crippen molar-refractivity contribution in [2.24, 2.45) is 0 Å². The van der Waals surface area contributed by atoms with E-state index < -0.39 is 17.6 Å². The summed E-state index contributed by atoms with van der Waals surface area (Å²) in [7, 11) is 0. The zero-order chi connectivity index (χ0) is 17.6. The molecule has 1 aliphatic heterocycles. The van der Waals surface area contributed by atoms with Gasteiger partial charge in [-0.1, -0.05) is 23.7 Å². The third-order valence-electron chi connectivity index (χ3n) is 4.27. The summed E-state index contributed by atoms with van der Waals surface area (Å²) in [6, 6.07) is 10.3. The SMILES string of the molecule is O=C1C[C@H](c2cc(F)ccc2F)c2c(n[nH]c2-c2ccc(Cl)cc2)N1. The molecule has 2 heterocycles. The van der Waals surface area contributed by atoms with Gasteiger partial charge in [-0.2, -0.15) is 5.10 Å². The third-order valence-corrected chi connectivity index (χ3v) is 4.52. The number of carbonyl (C=O) groups excluding carboxylic acids is 1. The van der Waals surface area contributed by atoms with Crippen molar-refractivity contribution in [3.05, 3.63) is 70.2 Å². The van der Waals surface area contributed by atoms with Gasteiger partial charge in [-0.05, 0) is 35.9 Å². The third kappa shape index (κ3) is 2.78. The van der Waals surface area contributed by atoms with Gasteiger partial charge in [-0.25, -0.2) is 8.78 Å². The van der Waals surface area contributed by atoms with Crippen LogP contribution >= 0.6 is 11.6 Å². The van der Waals surface area contributed by atoms with Gasteiger partial charge < -0.3 is 5.32 Å². The molecule has 25 heavy (non-hydrogen) atoms. The molecule has 0 aliphatic carbocycles. The molecule has 1 amide bonds. The van der Waals surface area contributed by atoms with Crippen molar-refractivity contribution >= 4 is 23.3 Å². The fourth-order valence-corrected chi connectivity index (χ4v) is 3.27. The van der Waals surface area contributed by atoms with Crippen molar-refractivity contribution in [2.75, 3.05) is 5.32 Å². The van der Waals surface area contributed by atoms with Gasteiger partial charge in [0.1, 0.15) is 11.6 Å². The Morgan fingerprint density at radius 1 is 1.12 bits per heavy atom. The summed E-state index contributed by atoms with van der Waals surface area (Å²) in [4.78, 5) is 12.0. The maximum atomic E-state index is 14.3. The molecule has 0 saturated carbocycles. The summed E-state index contributed by atoms with van der Waals surface area (Å²) in [5, 5.41) is 10.3. The average Bonchev–Trinajstić information content (AvgIpc) is 3.01. The second-order valence-corrected chi connectivity index (χ2v) is 6.27. The van der Waals surface area contributed by atoms with Crippen LogP contribution in [0.4, 0.5) is 14.6 Å². The number of rotatable bonds is 2. The van der Waals surface area contributed by atoms with E-state index in [-0.39, 0.29) is 17.9 Å². The molecule has 0 bridgehead atoms. The predicted molar refractivity (Wildman–Crippen MR) is 90.5 cm³/mol. The molecular formula is C18H12ClF2N3O. The molecule has 1 aromatic heterocycles. The van der Waals surface area contributed by atoms with Crippen molar-refractivity contribution in [1.29, 1.82) is 0 Å². The molecule has 1 atom stereocenters. The number of aromatic amines is 1. The number of benzene rings is 2. The van der Waals surface area contributed by atoms with Gasteiger partial charge in [0.25, 0.3) is 0 Å². The number of aromatic nitrogens is 2. The zero-order valence-electron chi connectivity index (χ0n) is 12.8. The number of fused-ring (bicyclic) bond motifs is 1. The standard InChI is InChI=1S/C18H12ClF2N3O/c19-10-3-1-9(2-4-10)17-16-13(8-15(25)22-18(16)24-23-17)12-7-11(20)5-6-14(12)21/h1-7,13H,8H2,(H2,22,23,24,25)/t13-/m1/s1. The Kier molecular flexibility index (Phi) is 3.77. The van der Waals surface area contributed by atoms with Crippen molar-refractivity contribution in [3.63, 3.8) is 0 Å². The number of nitrogens with zero attached hydrogens (tertiary/aromatic N) is 1. The van der Waals surface area contributed by atoms with Crippen LogP contribution in [0.3, 0.4) is 0 Å². The number of carbonyl (C=O) groups is 1.